The van der Waals surface area contributed by atoms with Crippen molar-refractivity contribution in [3.8, 4) is 5.75 Å². The van der Waals surface area contributed by atoms with Crippen molar-refractivity contribution >= 4 is 55.9 Å². The minimum Gasteiger partial charge on any atom is -0.494 e. The van der Waals surface area contributed by atoms with E-state index in [1.54, 1.807) is 66.7 Å². The average molecular weight is 535 g/mol. The molecule has 1 aromatic heterocycles. The molecule has 0 aliphatic rings. The Balaban J connectivity index is 1.54. The van der Waals surface area contributed by atoms with Gasteiger partial charge in [0.05, 0.1) is 12.1 Å². The predicted molar refractivity (Wildman–Crippen MR) is 139 cm³/mol. The van der Waals surface area contributed by atoms with Crippen LogP contribution in [0.15, 0.2) is 83.3 Å². The summed E-state index contributed by atoms with van der Waals surface area (Å²) in [5, 5.41) is 6.07. The standard InChI is InChI=1S/C26H23BrN4O4/c1-2-14-35-21-11-9-20(10-12-21)29-25(33)26(34)30-31-22-13-8-18(27)15-17(22)16-23(31)24(32)28-19-6-4-3-5-7-19/h3-13,15-16H,2,14H2,1H3,(H,28,32)(H,29,33)(H,30,34). The summed E-state index contributed by atoms with van der Waals surface area (Å²) in [6.07, 6.45) is 0.884. The summed E-state index contributed by atoms with van der Waals surface area (Å²) >= 11 is 3.42. The molecule has 1 heterocycles. The number of carbonyl (C=O) groups excluding carboxylic acids is 3. The first-order chi connectivity index (χ1) is 16.9. The molecule has 0 aliphatic carbocycles. The van der Waals surface area contributed by atoms with E-state index >= 15 is 0 Å². The SMILES string of the molecule is CCCOc1ccc(NC(=O)C(=O)Nn2c(C(=O)Nc3ccccc3)cc3cc(Br)ccc32)cc1. The Hall–Kier alpha value is -4.11. The van der Waals surface area contributed by atoms with Crippen molar-refractivity contribution < 1.29 is 19.1 Å². The summed E-state index contributed by atoms with van der Waals surface area (Å²) in [6, 6.07) is 22.7. The summed E-state index contributed by atoms with van der Waals surface area (Å²) in [6.45, 7) is 2.60. The fourth-order valence-electron chi connectivity index (χ4n) is 3.38. The van der Waals surface area contributed by atoms with Crippen LogP contribution in [0.1, 0.15) is 23.8 Å². The predicted octanol–water partition coefficient (Wildman–Crippen LogP) is 5.15. The van der Waals surface area contributed by atoms with Crippen molar-refractivity contribution in [2.24, 2.45) is 0 Å². The van der Waals surface area contributed by atoms with E-state index in [4.69, 9.17) is 4.74 Å². The Kier molecular flexibility index (Phi) is 7.47. The summed E-state index contributed by atoms with van der Waals surface area (Å²) < 4.78 is 7.65. The van der Waals surface area contributed by atoms with Crippen molar-refractivity contribution in [1.29, 1.82) is 0 Å². The van der Waals surface area contributed by atoms with Crippen LogP contribution in [0.25, 0.3) is 10.9 Å². The lowest BCUT2D eigenvalue weighted by Gasteiger charge is -2.13. The van der Waals surface area contributed by atoms with E-state index < -0.39 is 17.7 Å². The molecule has 8 nitrogen and oxygen atoms in total. The second-order valence-corrected chi connectivity index (χ2v) is 8.57. The zero-order chi connectivity index (χ0) is 24.8. The molecule has 0 spiro atoms. The van der Waals surface area contributed by atoms with Crippen LogP contribution in [0.3, 0.4) is 0 Å². The molecular formula is C26H23BrN4O4. The Morgan fingerprint density at radius 3 is 2.29 bits per heavy atom. The van der Waals surface area contributed by atoms with E-state index in [0.717, 1.165) is 10.9 Å². The van der Waals surface area contributed by atoms with E-state index in [9.17, 15) is 14.4 Å². The van der Waals surface area contributed by atoms with E-state index in [1.165, 1.54) is 4.68 Å². The third kappa shape index (κ3) is 5.88. The van der Waals surface area contributed by atoms with Crippen LogP contribution >= 0.6 is 15.9 Å². The lowest BCUT2D eigenvalue weighted by atomic mass is 10.2. The largest absolute Gasteiger partial charge is 0.494 e. The molecule has 9 heteroatoms. The first-order valence-electron chi connectivity index (χ1n) is 11.0. The van der Waals surface area contributed by atoms with Crippen LogP contribution in [0.4, 0.5) is 11.4 Å². The zero-order valence-corrected chi connectivity index (χ0v) is 20.5. The molecule has 35 heavy (non-hydrogen) atoms. The highest BCUT2D eigenvalue weighted by Crippen LogP contribution is 2.24. The number of hydrogen-bond donors (Lipinski definition) is 3. The van der Waals surface area contributed by atoms with Crippen LogP contribution in [0.2, 0.25) is 0 Å². The number of benzene rings is 3. The monoisotopic (exact) mass is 534 g/mol. The minimum atomic E-state index is -0.925. The van der Waals surface area contributed by atoms with Crippen LogP contribution in [-0.4, -0.2) is 29.0 Å². The van der Waals surface area contributed by atoms with Gasteiger partial charge in [0, 0.05) is 21.2 Å². The lowest BCUT2D eigenvalue weighted by Crippen LogP contribution is -2.36. The fraction of sp³-hybridized carbons (Fsp3) is 0.115. The zero-order valence-electron chi connectivity index (χ0n) is 18.9. The summed E-state index contributed by atoms with van der Waals surface area (Å²) in [4.78, 5) is 38.4. The summed E-state index contributed by atoms with van der Waals surface area (Å²) in [7, 11) is 0. The van der Waals surface area contributed by atoms with Gasteiger partial charge < -0.3 is 15.4 Å². The summed E-state index contributed by atoms with van der Waals surface area (Å²) in [5.74, 6) is -1.56. The molecule has 4 aromatic rings. The van der Waals surface area contributed by atoms with Gasteiger partial charge in [0.15, 0.2) is 0 Å². The molecule has 0 unspecified atom stereocenters. The maximum Gasteiger partial charge on any atom is 0.328 e. The molecule has 3 aromatic carbocycles. The van der Waals surface area contributed by atoms with Gasteiger partial charge in [0.1, 0.15) is 11.4 Å². The highest BCUT2D eigenvalue weighted by atomic mass is 79.9. The molecule has 3 amide bonds. The maximum absolute atomic E-state index is 13.0. The van der Waals surface area contributed by atoms with E-state index in [1.807, 2.05) is 19.1 Å². The van der Waals surface area contributed by atoms with Gasteiger partial charge in [-0.3, -0.25) is 19.8 Å². The Bertz CT molecular complexity index is 1370. The quantitative estimate of drug-likeness (QED) is 0.285. The van der Waals surface area contributed by atoms with E-state index in [0.29, 0.717) is 34.6 Å². The number of rotatable bonds is 7. The lowest BCUT2D eigenvalue weighted by molar-refractivity contribution is -0.133. The van der Waals surface area contributed by atoms with Gasteiger partial charge in [-0.1, -0.05) is 41.1 Å². The van der Waals surface area contributed by atoms with Gasteiger partial charge >= 0.3 is 11.8 Å². The van der Waals surface area contributed by atoms with E-state index in [-0.39, 0.29) is 5.69 Å². The molecule has 0 aliphatic heterocycles. The number of fused-ring (bicyclic) bond motifs is 1. The molecule has 0 bridgehead atoms. The second kappa shape index (κ2) is 10.9. The van der Waals surface area contributed by atoms with Crippen LogP contribution in [0, 0.1) is 0 Å². The first-order valence-corrected chi connectivity index (χ1v) is 11.8. The summed E-state index contributed by atoms with van der Waals surface area (Å²) in [5.41, 5.74) is 4.32. The van der Waals surface area contributed by atoms with Gasteiger partial charge in [-0.05, 0) is 67.1 Å². The molecular weight excluding hydrogens is 512 g/mol. The first kappa shape index (κ1) is 24.0. The van der Waals surface area contributed by atoms with Crippen molar-refractivity contribution in [3.05, 3.63) is 89.0 Å². The fourth-order valence-corrected chi connectivity index (χ4v) is 3.76. The number of nitrogens with zero attached hydrogens (tertiary/aromatic N) is 1. The number of aromatic nitrogens is 1. The topological polar surface area (TPSA) is 101 Å². The van der Waals surface area contributed by atoms with Gasteiger partial charge in [0.25, 0.3) is 5.91 Å². The number of para-hydroxylation sites is 1. The molecule has 0 atom stereocenters. The molecule has 4 rings (SSSR count). The van der Waals surface area contributed by atoms with Crippen molar-refractivity contribution in [3.63, 3.8) is 0 Å². The second-order valence-electron chi connectivity index (χ2n) is 7.66. The molecule has 178 valence electrons. The molecule has 0 fully saturated rings. The molecule has 3 N–H and O–H groups in total. The minimum absolute atomic E-state index is 0.167. The highest BCUT2D eigenvalue weighted by molar-refractivity contribution is 9.10. The Labute approximate surface area is 210 Å². The number of nitrogens with one attached hydrogen (secondary N) is 3. The van der Waals surface area contributed by atoms with Gasteiger partial charge in [-0.15, -0.1) is 0 Å². The highest BCUT2D eigenvalue weighted by Gasteiger charge is 2.21. The number of carbonyl (C=O) groups is 3. The normalized spacial score (nSPS) is 10.6. The third-order valence-electron chi connectivity index (χ3n) is 5.03. The Morgan fingerprint density at radius 1 is 0.857 bits per heavy atom. The Morgan fingerprint density at radius 2 is 1.57 bits per heavy atom. The number of amides is 3. The number of anilines is 2. The van der Waals surface area contributed by atoms with Crippen molar-refractivity contribution in [2.75, 3.05) is 22.7 Å². The third-order valence-corrected chi connectivity index (χ3v) is 5.53. The van der Waals surface area contributed by atoms with Crippen LogP contribution in [0.5, 0.6) is 5.75 Å². The average Bonchev–Trinajstić information content (AvgIpc) is 3.21. The number of hydrogen-bond acceptors (Lipinski definition) is 4. The number of halogens is 1. The molecule has 0 saturated heterocycles. The number of ether oxygens (including phenoxy) is 1. The van der Waals surface area contributed by atoms with Crippen molar-refractivity contribution in [2.45, 2.75) is 13.3 Å². The van der Waals surface area contributed by atoms with Crippen LogP contribution < -0.4 is 20.8 Å². The van der Waals surface area contributed by atoms with Gasteiger partial charge in [0.2, 0.25) is 0 Å². The smallest absolute Gasteiger partial charge is 0.328 e. The van der Waals surface area contributed by atoms with Crippen molar-refractivity contribution in [1.82, 2.24) is 4.68 Å². The molecule has 0 radical (unpaired) electrons. The maximum atomic E-state index is 13.0. The van der Waals surface area contributed by atoms with Gasteiger partial charge in [-0.25, -0.2) is 4.68 Å². The van der Waals surface area contributed by atoms with E-state index in [2.05, 4.69) is 32.0 Å². The molecule has 0 saturated carbocycles. The van der Waals surface area contributed by atoms with Crippen LogP contribution in [-0.2, 0) is 9.59 Å². The van der Waals surface area contributed by atoms with Gasteiger partial charge in [-0.2, -0.15) is 0 Å².